The number of nitrogens with zero attached hydrogens (tertiary/aromatic N) is 3. The van der Waals surface area contributed by atoms with E-state index in [4.69, 9.17) is 11.6 Å². The minimum atomic E-state index is -0.399. The van der Waals surface area contributed by atoms with E-state index in [1.54, 1.807) is 17.0 Å². The number of ketones is 1. The van der Waals surface area contributed by atoms with Crippen molar-refractivity contribution in [2.75, 3.05) is 49.1 Å². The average Bonchev–Trinajstić information content (AvgIpc) is 2.94. The average molecular weight is 384 g/mol. The molecule has 0 radical (unpaired) electrons. The summed E-state index contributed by atoms with van der Waals surface area (Å²) in [6, 6.07) is 15.2. The first-order valence-corrected chi connectivity index (χ1v) is 9.69. The SMILES string of the molecule is O=C1C(=O)N(CCCN2CCN(c3ccc(Cl)cc3)CC2)c2ccccc21. The van der Waals surface area contributed by atoms with Crippen LogP contribution < -0.4 is 9.80 Å². The highest BCUT2D eigenvalue weighted by Crippen LogP contribution is 2.28. The highest BCUT2D eigenvalue weighted by atomic mass is 35.5. The maximum Gasteiger partial charge on any atom is 0.299 e. The quantitative estimate of drug-likeness (QED) is 0.744. The Hall–Kier alpha value is -2.37. The standard InChI is InChI=1S/C21H22ClN3O2/c22-16-6-8-17(9-7-16)24-14-12-23(13-15-24)10-3-11-25-19-5-2-1-4-18(19)20(26)21(25)27/h1-2,4-9H,3,10-15H2. The smallest absolute Gasteiger partial charge is 0.299 e. The number of halogens is 1. The largest absolute Gasteiger partial charge is 0.369 e. The van der Waals surface area contributed by atoms with Gasteiger partial charge >= 0.3 is 0 Å². The fraction of sp³-hybridized carbons (Fsp3) is 0.333. The second-order valence-corrected chi connectivity index (χ2v) is 7.40. The number of para-hydroxylation sites is 1. The van der Waals surface area contributed by atoms with Crippen molar-refractivity contribution in [3.8, 4) is 0 Å². The predicted molar refractivity (Wildman–Crippen MR) is 108 cm³/mol. The molecule has 5 nitrogen and oxygen atoms in total. The van der Waals surface area contributed by atoms with Crippen LogP contribution in [0, 0.1) is 0 Å². The number of hydrogen-bond donors (Lipinski definition) is 0. The number of rotatable bonds is 5. The molecular formula is C21H22ClN3O2. The van der Waals surface area contributed by atoms with Crippen molar-refractivity contribution in [3.05, 3.63) is 59.1 Å². The highest BCUT2D eigenvalue weighted by molar-refractivity contribution is 6.52. The highest BCUT2D eigenvalue weighted by Gasteiger charge is 2.34. The van der Waals surface area contributed by atoms with E-state index in [9.17, 15) is 9.59 Å². The van der Waals surface area contributed by atoms with Crippen LogP contribution in [0.5, 0.6) is 0 Å². The molecule has 0 unspecified atom stereocenters. The number of fused-ring (bicyclic) bond motifs is 1. The van der Waals surface area contributed by atoms with Gasteiger partial charge in [-0.05, 0) is 49.4 Å². The van der Waals surface area contributed by atoms with E-state index < -0.39 is 5.91 Å². The van der Waals surface area contributed by atoms with Gasteiger partial charge in [0.1, 0.15) is 0 Å². The van der Waals surface area contributed by atoms with E-state index in [-0.39, 0.29) is 5.78 Å². The Morgan fingerprint density at radius 3 is 2.30 bits per heavy atom. The molecule has 0 N–H and O–H groups in total. The lowest BCUT2D eigenvalue weighted by atomic mass is 10.1. The summed E-state index contributed by atoms with van der Waals surface area (Å²) < 4.78 is 0. The minimum absolute atomic E-state index is 0.387. The number of piperazine rings is 1. The third-order valence-corrected chi connectivity index (χ3v) is 5.55. The molecule has 1 saturated heterocycles. The van der Waals surface area contributed by atoms with Crippen LogP contribution in [0.15, 0.2) is 48.5 Å². The molecule has 2 aliphatic rings. The second-order valence-electron chi connectivity index (χ2n) is 6.96. The summed E-state index contributed by atoms with van der Waals surface area (Å²) in [6.07, 6.45) is 0.855. The maximum absolute atomic E-state index is 12.2. The molecule has 4 rings (SSSR count). The van der Waals surface area contributed by atoms with Gasteiger partial charge in [-0.2, -0.15) is 0 Å². The fourth-order valence-electron chi connectivity index (χ4n) is 3.80. The number of carbonyl (C=O) groups excluding carboxylic acids is 2. The van der Waals surface area contributed by atoms with Crippen molar-refractivity contribution in [1.82, 2.24) is 4.90 Å². The van der Waals surface area contributed by atoms with Crippen molar-refractivity contribution in [2.24, 2.45) is 0 Å². The van der Waals surface area contributed by atoms with Crippen LogP contribution in [0.4, 0.5) is 11.4 Å². The molecule has 2 aliphatic heterocycles. The van der Waals surface area contributed by atoms with E-state index in [1.165, 1.54) is 5.69 Å². The van der Waals surface area contributed by atoms with Crippen LogP contribution >= 0.6 is 11.6 Å². The Bertz CT molecular complexity index is 845. The molecule has 0 saturated carbocycles. The number of hydrogen-bond acceptors (Lipinski definition) is 4. The molecular weight excluding hydrogens is 362 g/mol. The number of amides is 1. The summed E-state index contributed by atoms with van der Waals surface area (Å²) in [5.41, 5.74) is 2.48. The minimum Gasteiger partial charge on any atom is -0.369 e. The first-order valence-electron chi connectivity index (χ1n) is 9.31. The van der Waals surface area contributed by atoms with Gasteiger partial charge in [-0.25, -0.2) is 0 Å². The summed E-state index contributed by atoms with van der Waals surface area (Å²) in [5.74, 6) is -0.786. The van der Waals surface area contributed by atoms with Crippen molar-refractivity contribution in [1.29, 1.82) is 0 Å². The van der Waals surface area contributed by atoms with Gasteiger partial charge in [-0.3, -0.25) is 14.5 Å². The molecule has 0 atom stereocenters. The Labute approximate surface area is 164 Å². The number of anilines is 2. The van der Waals surface area contributed by atoms with E-state index in [2.05, 4.69) is 21.9 Å². The van der Waals surface area contributed by atoms with Crippen LogP contribution in [0.1, 0.15) is 16.8 Å². The second kappa shape index (κ2) is 7.71. The molecule has 0 aliphatic carbocycles. The molecule has 6 heteroatoms. The predicted octanol–water partition coefficient (Wildman–Crippen LogP) is 3.08. The molecule has 2 aromatic rings. The maximum atomic E-state index is 12.2. The van der Waals surface area contributed by atoms with Crippen LogP contribution in [0.2, 0.25) is 5.02 Å². The molecule has 0 aromatic heterocycles. The number of benzene rings is 2. The zero-order valence-corrected chi connectivity index (χ0v) is 15.9. The van der Waals surface area contributed by atoms with Crippen molar-refractivity contribution in [2.45, 2.75) is 6.42 Å². The van der Waals surface area contributed by atoms with Gasteiger partial charge < -0.3 is 9.80 Å². The first kappa shape index (κ1) is 18.0. The summed E-state index contributed by atoms with van der Waals surface area (Å²) >= 11 is 5.96. The first-order chi connectivity index (χ1) is 13.1. The van der Waals surface area contributed by atoms with Gasteiger partial charge in [-0.1, -0.05) is 23.7 Å². The molecule has 2 aromatic carbocycles. The zero-order valence-electron chi connectivity index (χ0n) is 15.1. The Morgan fingerprint density at radius 2 is 1.56 bits per heavy atom. The van der Waals surface area contributed by atoms with Crippen molar-refractivity contribution < 1.29 is 9.59 Å². The Morgan fingerprint density at radius 1 is 0.852 bits per heavy atom. The van der Waals surface area contributed by atoms with Gasteiger partial charge in [0.2, 0.25) is 0 Å². The summed E-state index contributed by atoms with van der Waals surface area (Å²) in [4.78, 5) is 30.7. The van der Waals surface area contributed by atoms with Crippen LogP contribution in [-0.4, -0.2) is 55.9 Å². The molecule has 0 bridgehead atoms. The zero-order chi connectivity index (χ0) is 18.8. The lowest BCUT2D eigenvalue weighted by Crippen LogP contribution is -2.47. The lowest BCUT2D eigenvalue weighted by Gasteiger charge is -2.36. The summed E-state index contributed by atoms with van der Waals surface area (Å²) in [7, 11) is 0. The molecule has 2 heterocycles. The molecule has 27 heavy (non-hydrogen) atoms. The molecule has 1 amide bonds. The third kappa shape index (κ3) is 3.70. The van der Waals surface area contributed by atoms with Crippen molar-refractivity contribution >= 4 is 34.7 Å². The van der Waals surface area contributed by atoms with Gasteiger partial charge in [-0.15, -0.1) is 0 Å². The van der Waals surface area contributed by atoms with Crippen molar-refractivity contribution in [3.63, 3.8) is 0 Å². The molecule has 1 fully saturated rings. The lowest BCUT2D eigenvalue weighted by molar-refractivity contribution is -0.114. The fourth-order valence-corrected chi connectivity index (χ4v) is 3.93. The van der Waals surface area contributed by atoms with E-state index in [1.807, 2.05) is 24.3 Å². The van der Waals surface area contributed by atoms with Gasteiger partial charge in [0.25, 0.3) is 11.7 Å². The summed E-state index contributed by atoms with van der Waals surface area (Å²) in [6.45, 7) is 5.45. The Balaban J connectivity index is 1.27. The van der Waals surface area contributed by atoms with E-state index in [0.717, 1.165) is 49.9 Å². The van der Waals surface area contributed by atoms with Crippen LogP contribution in [0.3, 0.4) is 0 Å². The number of Topliss-reactive ketones (excluding diaryl/α,β-unsaturated/α-hetero) is 1. The molecule has 140 valence electrons. The van der Waals surface area contributed by atoms with Crippen LogP contribution in [-0.2, 0) is 4.79 Å². The van der Waals surface area contributed by atoms with Gasteiger partial charge in [0.05, 0.1) is 11.3 Å². The Kier molecular flexibility index (Phi) is 5.14. The van der Waals surface area contributed by atoms with Crippen LogP contribution in [0.25, 0.3) is 0 Å². The topological polar surface area (TPSA) is 43.9 Å². The van der Waals surface area contributed by atoms with E-state index in [0.29, 0.717) is 12.1 Å². The normalized spacial score (nSPS) is 17.5. The third-order valence-electron chi connectivity index (χ3n) is 5.30. The van der Waals surface area contributed by atoms with E-state index >= 15 is 0 Å². The summed E-state index contributed by atoms with van der Waals surface area (Å²) in [5, 5.41) is 0.758. The van der Waals surface area contributed by atoms with Gasteiger partial charge in [0.15, 0.2) is 0 Å². The number of carbonyl (C=O) groups is 2. The molecule has 0 spiro atoms. The monoisotopic (exact) mass is 383 g/mol. The van der Waals surface area contributed by atoms with Gasteiger partial charge in [0, 0.05) is 43.4 Å².